The molecule has 2 heterocycles. The van der Waals surface area contributed by atoms with E-state index in [-0.39, 0.29) is 6.04 Å². The van der Waals surface area contributed by atoms with Gasteiger partial charge in [0.15, 0.2) is 17.5 Å². The minimum Gasteiger partial charge on any atom is -0.490 e. The molecule has 1 aromatic heterocycles. The van der Waals surface area contributed by atoms with Gasteiger partial charge < -0.3 is 25.4 Å². The Labute approximate surface area is 152 Å². The van der Waals surface area contributed by atoms with Gasteiger partial charge in [0, 0.05) is 18.2 Å². The molecule has 3 N–H and O–H groups in total. The highest BCUT2D eigenvalue weighted by molar-refractivity contribution is 7.07. The van der Waals surface area contributed by atoms with Gasteiger partial charge in [-0.1, -0.05) is 0 Å². The number of anilines is 1. The Morgan fingerprint density at radius 1 is 1.28 bits per heavy atom. The zero-order valence-electron chi connectivity index (χ0n) is 14.6. The second-order valence-corrected chi connectivity index (χ2v) is 6.88. The number of nitrogens with one attached hydrogen (secondary N) is 1. The maximum atomic E-state index is 6.07. The molecule has 0 saturated carbocycles. The van der Waals surface area contributed by atoms with Crippen LogP contribution in [0.3, 0.4) is 0 Å². The summed E-state index contributed by atoms with van der Waals surface area (Å²) in [6.45, 7) is 1.93. The first-order chi connectivity index (χ1) is 12.1. The SMILES string of the molecule is CN(C)C(CN=C(N)Nc1ccc2c(c1)OCCCO2)c1ccsc1. The first kappa shape index (κ1) is 17.6. The van der Waals surface area contributed by atoms with Crippen LogP contribution in [0.2, 0.25) is 0 Å². The van der Waals surface area contributed by atoms with E-state index in [9.17, 15) is 0 Å². The summed E-state index contributed by atoms with van der Waals surface area (Å²) < 4.78 is 11.3. The van der Waals surface area contributed by atoms with Crippen molar-refractivity contribution in [3.63, 3.8) is 0 Å². The van der Waals surface area contributed by atoms with E-state index < -0.39 is 0 Å². The molecule has 0 amide bonds. The number of hydrogen-bond acceptors (Lipinski definition) is 5. The third-order valence-electron chi connectivity index (χ3n) is 4.01. The Bertz CT molecular complexity index is 716. The molecule has 0 fully saturated rings. The number of guanidine groups is 1. The molecular formula is C18H24N4O2S. The predicted molar refractivity (Wildman–Crippen MR) is 103 cm³/mol. The summed E-state index contributed by atoms with van der Waals surface area (Å²) in [5.41, 5.74) is 8.15. The molecule has 3 rings (SSSR count). The molecule has 7 heteroatoms. The number of fused-ring (bicyclic) bond motifs is 1. The lowest BCUT2D eigenvalue weighted by atomic mass is 10.1. The zero-order valence-corrected chi connectivity index (χ0v) is 15.4. The van der Waals surface area contributed by atoms with Gasteiger partial charge in [0.25, 0.3) is 0 Å². The van der Waals surface area contributed by atoms with Gasteiger partial charge in [-0.2, -0.15) is 11.3 Å². The number of likely N-dealkylation sites (N-methyl/N-ethyl adjacent to an activating group) is 1. The topological polar surface area (TPSA) is 72.1 Å². The Hall–Kier alpha value is -2.25. The van der Waals surface area contributed by atoms with Crippen LogP contribution in [-0.2, 0) is 0 Å². The lowest BCUT2D eigenvalue weighted by Crippen LogP contribution is -2.27. The van der Waals surface area contributed by atoms with Gasteiger partial charge in [0.05, 0.1) is 25.8 Å². The third kappa shape index (κ3) is 4.64. The summed E-state index contributed by atoms with van der Waals surface area (Å²) in [5.74, 6) is 1.89. The molecule has 2 aromatic rings. The molecule has 25 heavy (non-hydrogen) atoms. The average Bonchev–Trinajstić information content (AvgIpc) is 3.00. The molecule has 1 atom stereocenters. The van der Waals surface area contributed by atoms with Crippen LogP contribution in [0.4, 0.5) is 5.69 Å². The van der Waals surface area contributed by atoms with E-state index in [1.807, 2.05) is 32.3 Å². The standard InChI is InChI=1S/C18H24N4O2S/c1-22(2)15(13-6-9-25-12-13)11-20-18(19)21-14-4-5-16-17(10-14)24-8-3-7-23-16/h4-6,9-10,12,15H,3,7-8,11H2,1-2H3,(H3,19,20,21). The van der Waals surface area contributed by atoms with Crippen molar-refractivity contribution >= 4 is 23.0 Å². The second kappa shape index (κ2) is 8.22. The van der Waals surface area contributed by atoms with Gasteiger partial charge >= 0.3 is 0 Å². The number of hydrogen-bond donors (Lipinski definition) is 2. The van der Waals surface area contributed by atoms with Crippen molar-refractivity contribution in [2.24, 2.45) is 10.7 Å². The zero-order chi connectivity index (χ0) is 17.6. The van der Waals surface area contributed by atoms with Crippen molar-refractivity contribution in [3.05, 3.63) is 40.6 Å². The Morgan fingerprint density at radius 2 is 2.08 bits per heavy atom. The molecule has 0 aliphatic carbocycles. The largest absolute Gasteiger partial charge is 0.490 e. The number of benzene rings is 1. The normalized spacial score (nSPS) is 15.7. The lowest BCUT2D eigenvalue weighted by Gasteiger charge is -2.22. The number of aliphatic imine (C=N–C) groups is 1. The van der Waals surface area contributed by atoms with Crippen LogP contribution in [0, 0.1) is 0 Å². The number of thiophene rings is 1. The molecule has 0 saturated heterocycles. The van der Waals surface area contributed by atoms with Gasteiger partial charge in [-0.05, 0) is 48.6 Å². The van der Waals surface area contributed by atoms with Gasteiger partial charge in [0.1, 0.15) is 0 Å². The van der Waals surface area contributed by atoms with Crippen LogP contribution in [-0.4, -0.2) is 44.7 Å². The van der Waals surface area contributed by atoms with Gasteiger partial charge in [0.2, 0.25) is 0 Å². The van der Waals surface area contributed by atoms with Gasteiger partial charge in [-0.25, -0.2) is 0 Å². The van der Waals surface area contributed by atoms with E-state index in [0.717, 1.165) is 23.6 Å². The van der Waals surface area contributed by atoms with Gasteiger partial charge in [-0.3, -0.25) is 4.99 Å². The summed E-state index contributed by atoms with van der Waals surface area (Å²) in [7, 11) is 4.09. The molecule has 6 nitrogen and oxygen atoms in total. The highest BCUT2D eigenvalue weighted by atomic mass is 32.1. The molecule has 0 radical (unpaired) electrons. The van der Waals surface area contributed by atoms with Crippen molar-refractivity contribution in [1.82, 2.24) is 4.90 Å². The molecule has 0 bridgehead atoms. The van der Waals surface area contributed by atoms with Crippen molar-refractivity contribution in [2.45, 2.75) is 12.5 Å². The van der Waals surface area contributed by atoms with E-state index in [1.54, 1.807) is 11.3 Å². The van der Waals surface area contributed by atoms with Crippen molar-refractivity contribution < 1.29 is 9.47 Å². The van der Waals surface area contributed by atoms with E-state index >= 15 is 0 Å². The Morgan fingerprint density at radius 3 is 2.80 bits per heavy atom. The first-order valence-electron chi connectivity index (χ1n) is 8.28. The third-order valence-corrected chi connectivity index (χ3v) is 4.71. The summed E-state index contributed by atoms with van der Waals surface area (Å²) in [6, 6.07) is 8.03. The van der Waals surface area contributed by atoms with Crippen molar-refractivity contribution in [3.8, 4) is 11.5 Å². The maximum absolute atomic E-state index is 6.07. The van der Waals surface area contributed by atoms with Gasteiger partial charge in [-0.15, -0.1) is 0 Å². The van der Waals surface area contributed by atoms with E-state index in [1.165, 1.54) is 5.56 Å². The Balaban J connectivity index is 1.66. The molecule has 1 unspecified atom stereocenters. The van der Waals surface area contributed by atoms with E-state index in [0.29, 0.717) is 25.7 Å². The maximum Gasteiger partial charge on any atom is 0.193 e. The van der Waals surface area contributed by atoms with E-state index in [2.05, 4.69) is 32.0 Å². The van der Waals surface area contributed by atoms with Crippen molar-refractivity contribution in [2.75, 3.05) is 39.2 Å². The molecule has 0 spiro atoms. The highest BCUT2D eigenvalue weighted by Crippen LogP contribution is 2.32. The van der Waals surface area contributed by atoms with Crippen LogP contribution in [0.5, 0.6) is 11.5 Å². The quantitative estimate of drug-likeness (QED) is 0.634. The fourth-order valence-corrected chi connectivity index (χ4v) is 3.35. The number of ether oxygens (including phenoxy) is 2. The van der Waals surface area contributed by atoms with Crippen LogP contribution in [0.15, 0.2) is 40.0 Å². The fourth-order valence-electron chi connectivity index (χ4n) is 2.64. The molecular weight excluding hydrogens is 336 g/mol. The molecule has 1 aliphatic heterocycles. The van der Waals surface area contributed by atoms with E-state index in [4.69, 9.17) is 15.2 Å². The first-order valence-corrected chi connectivity index (χ1v) is 9.23. The summed E-state index contributed by atoms with van der Waals surface area (Å²) >= 11 is 1.69. The smallest absolute Gasteiger partial charge is 0.193 e. The predicted octanol–water partition coefficient (Wildman–Crippen LogP) is 2.94. The number of nitrogens with two attached hydrogens (primary N) is 1. The monoisotopic (exact) mass is 360 g/mol. The van der Waals surface area contributed by atoms with Crippen molar-refractivity contribution in [1.29, 1.82) is 0 Å². The molecule has 134 valence electrons. The summed E-state index contributed by atoms with van der Waals surface area (Å²) in [5, 5.41) is 7.35. The lowest BCUT2D eigenvalue weighted by molar-refractivity contribution is 0.297. The molecule has 1 aliphatic rings. The van der Waals surface area contributed by atoms with Crippen LogP contribution in [0.25, 0.3) is 0 Å². The van der Waals surface area contributed by atoms with Crippen LogP contribution < -0.4 is 20.5 Å². The summed E-state index contributed by atoms with van der Waals surface area (Å²) in [6.07, 6.45) is 0.884. The summed E-state index contributed by atoms with van der Waals surface area (Å²) in [4.78, 5) is 6.65. The number of rotatable bonds is 5. The minimum absolute atomic E-state index is 0.204. The van der Waals surface area contributed by atoms with Crippen LogP contribution >= 0.6 is 11.3 Å². The highest BCUT2D eigenvalue weighted by Gasteiger charge is 2.14. The number of nitrogens with zero attached hydrogens (tertiary/aromatic N) is 2. The van der Waals surface area contributed by atoms with Crippen LogP contribution in [0.1, 0.15) is 18.0 Å². The Kier molecular flexibility index (Phi) is 5.78. The molecule has 1 aromatic carbocycles. The minimum atomic E-state index is 0.204. The average molecular weight is 360 g/mol. The second-order valence-electron chi connectivity index (χ2n) is 6.10. The fraction of sp³-hybridized carbons (Fsp3) is 0.389.